The van der Waals surface area contributed by atoms with E-state index in [4.69, 9.17) is 5.14 Å². The number of hydrogen-bond acceptors (Lipinski definition) is 4. The summed E-state index contributed by atoms with van der Waals surface area (Å²) in [5.41, 5.74) is 0. The van der Waals surface area contributed by atoms with Crippen molar-refractivity contribution in [2.75, 3.05) is 13.1 Å². The summed E-state index contributed by atoms with van der Waals surface area (Å²) in [7, 11) is -7.22. The molecule has 1 aliphatic carbocycles. The fourth-order valence-corrected chi connectivity index (χ4v) is 4.41. The number of rotatable bonds is 4. The quantitative estimate of drug-likeness (QED) is 0.670. The standard InChI is InChI=1S/C8H17N3O4S2/c9-16(12,13)8-2-1-5-11(6-8)17(14,15)10-7-3-4-7/h7-8,10H,1-6H2,(H2,9,12,13). The number of nitrogens with one attached hydrogen (secondary N) is 1. The SMILES string of the molecule is NS(=O)(=O)C1CCCN(S(=O)(=O)NC2CC2)C1. The molecule has 0 aromatic rings. The third-order valence-corrected chi connectivity index (χ3v) is 6.00. The second-order valence-corrected chi connectivity index (χ2v) is 8.16. The van der Waals surface area contributed by atoms with Gasteiger partial charge in [-0.2, -0.15) is 17.4 Å². The predicted octanol–water partition coefficient (Wildman–Crippen LogP) is -1.26. The van der Waals surface area contributed by atoms with Crippen LogP contribution in [0.1, 0.15) is 25.7 Å². The average molecular weight is 283 g/mol. The molecule has 1 aliphatic heterocycles. The van der Waals surface area contributed by atoms with E-state index in [1.165, 1.54) is 4.31 Å². The third-order valence-electron chi connectivity index (χ3n) is 3.04. The van der Waals surface area contributed by atoms with Gasteiger partial charge < -0.3 is 0 Å². The van der Waals surface area contributed by atoms with Crippen molar-refractivity contribution in [3.63, 3.8) is 0 Å². The lowest BCUT2D eigenvalue weighted by atomic mass is 10.2. The molecule has 17 heavy (non-hydrogen) atoms. The van der Waals surface area contributed by atoms with Gasteiger partial charge in [0.1, 0.15) is 0 Å². The molecule has 0 amide bonds. The largest absolute Gasteiger partial charge is 0.279 e. The van der Waals surface area contributed by atoms with Crippen LogP contribution in [0, 0.1) is 0 Å². The van der Waals surface area contributed by atoms with Crippen molar-refractivity contribution in [3.05, 3.63) is 0 Å². The van der Waals surface area contributed by atoms with Crippen LogP contribution in [0.25, 0.3) is 0 Å². The van der Waals surface area contributed by atoms with E-state index in [9.17, 15) is 16.8 Å². The van der Waals surface area contributed by atoms with Gasteiger partial charge in [0.05, 0.1) is 5.25 Å². The van der Waals surface area contributed by atoms with Crippen LogP contribution in [0.15, 0.2) is 0 Å². The van der Waals surface area contributed by atoms with E-state index in [2.05, 4.69) is 4.72 Å². The van der Waals surface area contributed by atoms with E-state index in [0.717, 1.165) is 12.8 Å². The highest BCUT2D eigenvalue weighted by Crippen LogP contribution is 2.23. The van der Waals surface area contributed by atoms with E-state index in [0.29, 0.717) is 19.4 Å². The molecule has 0 radical (unpaired) electrons. The fourth-order valence-electron chi connectivity index (χ4n) is 1.88. The molecule has 0 aromatic carbocycles. The number of nitrogens with two attached hydrogens (primary N) is 1. The number of sulfonamides is 1. The van der Waals surface area contributed by atoms with Gasteiger partial charge in [-0.3, -0.25) is 0 Å². The highest BCUT2D eigenvalue weighted by molar-refractivity contribution is 7.90. The van der Waals surface area contributed by atoms with Crippen LogP contribution < -0.4 is 9.86 Å². The van der Waals surface area contributed by atoms with E-state index < -0.39 is 25.5 Å². The van der Waals surface area contributed by atoms with Crippen LogP contribution in [-0.2, 0) is 20.2 Å². The minimum atomic E-state index is -3.67. The summed E-state index contributed by atoms with van der Waals surface area (Å²) in [6.45, 7) is 0.314. The van der Waals surface area contributed by atoms with Crippen LogP contribution >= 0.6 is 0 Å². The molecular formula is C8H17N3O4S2. The second kappa shape index (κ2) is 4.47. The summed E-state index contributed by atoms with van der Waals surface area (Å²) >= 11 is 0. The molecule has 2 fully saturated rings. The predicted molar refractivity (Wildman–Crippen MR) is 62.8 cm³/mol. The molecule has 0 aromatic heterocycles. The lowest BCUT2D eigenvalue weighted by Gasteiger charge is -2.30. The maximum Gasteiger partial charge on any atom is 0.279 e. The van der Waals surface area contributed by atoms with Crippen molar-refractivity contribution in [2.24, 2.45) is 5.14 Å². The zero-order valence-electron chi connectivity index (χ0n) is 9.37. The highest BCUT2D eigenvalue weighted by Gasteiger charge is 2.36. The Labute approximate surface area is 102 Å². The molecule has 0 spiro atoms. The minimum absolute atomic E-state index is 0.0230. The zero-order valence-corrected chi connectivity index (χ0v) is 11.0. The van der Waals surface area contributed by atoms with Gasteiger partial charge in [-0.1, -0.05) is 0 Å². The van der Waals surface area contributed by atoms with Crippen molar-refractivity contribution in [1.82, 2.24) is 9.03 Å². The van der Waals surface area contributed by atoms with Crippen molar-refractivity contribution in [1.29, 1.82) is 0 Å². The molecule has 1 heterocycles. The van der Waals surface area contributed by atoms with E-state index in [1.54, 1.807) is 0 Å². The van der Waals surface area contributed by atoms with Crippen LogP contribution in [-0.4, -0.2) is 45.5 Å². The van der Waals surface area contributed by atoms with E-state index >= 15 is 0 Å². The third kappa shape index (κ3) is 3.38. The lowest BCUT2D eigenvalue weighted by molar-refractivity contribution is 0.341. The van der Waals surface area contributed by atoms with Crippen LogP contribution in [0.2, 0.25) is 0 Å². The molecule has 1 saturated heterocycles. The monoisotopic (exact) mass is 283 g/mol. The van der Waals surface area contributed by atoms with Crippen molar-refractivity contribution in [3.8, 4) is 0 Å². The van der Waals surface area contributed by atoms with Gasteiger partial charge in [0.25, 0.3) is 10.2 Å². The topological polar surface area (TPSA) is 110 Å². The molecule has 3 N–H and O–H groups in total. The summed E-state index contributed by atoms with van der Waals surface area (Å²) in [6, 6.07) is 0.0230. The summed E-state index contributed by atoms with van der Waals surface area (Å²) in [6.07, 6.45) is 2.65. The summed E-state index contributed by atoms with van der Waals surface area (Å²) < 4.78 is 50.0. The fraction of sp³-hybridized carbons (Fsp3) is 1.00. The Kier molecular flexibility index (Phi) is 3.47. The highest BCUT2D eigenvalue weighted by atomic mass is 32.2. The first-order valence-corrected chi connectivity index (χ1v) is 8.63. The average Bonchev–Trinajstić information content (AvgIpc) is 3.00. The Bertz CT molecular complexity index is 483. The molecule has 1 saturated carbocycles. The second-order valence-electron chi connectivity index (χ2n) is 4.61. The first kappa shape index (κ1) is 13.2. The molecule has 1 unspecified atom stereocenters. The van der Waals surface area contributed by atoms with Crippen molar-refractivity contribution >= 4 is 20.2 Å². The maximum absolute atomic E-state index is 11.9. The van der Waals surface area contributed by atoms with Crippen LogP contribution in [0.4, 0.5) is 0 Å². The van der Waals surface area contributed by atoms with Crippen LogP contribution in [0.3, 0.4) is 0 Å². The molecule has 0 bridgehead atoms. The number of nitrogens with zero attached hydrogens (tertiary/aromatic N) is 1. The first-order chi connectivity index (χ1) is 7.79. The molecule has 2 aliphatic rings. The lowest BCUT2D eigenvalue weighted by Crippen LogP contribution is -2.50. The smallest absolute Gasteiger partial charge is 0.228 e. The van der Waals surface area contributed by atoms with E-state index in [-0.39, 0.29) is 12.6 Å². The van der Waals surface area contributed by atoms with Gasteiger partial charge >= 0.3 is 0 Å². The Morgan fingerprint density at radius 1 is 1.12 bits per heavy atom. The van der Waals surface area contributed by atoms with Gasteiger partial charge in [0.2, 0.25) is 10.0 Å². The van der Waals surface area contributed by atoms with Crippen LogP contribution in [0.5, 0.6) is 0 Å². The molecule has 9 heteroatoms. The Balaban J connectivity index is 2.06. The van der Waals surface area contributed by atoms with Gasteiger partial charge in [0, 0.05) is 19.1 Å². The summed E-state index contributed by atoms with van der Waals surface area (Å²) in [5, 5.41) is 4.27. The minimum Gasteiger partial charge on any atom is -0.228 e. The number of piperidine rings is 1. The Morgan fingerprint density at radius 3 is 2.29 bits per heavy atom. The molecule has 100 valence electrons. The molecular weight excluding hydrogens is 266 g/mol. The zero-order chi connectivity index (χ0) is 12.7. The van der Waals surface area contributed by atoms with Gasteiger partial charge in [-0.25, -0.2) is 13.6 Å². The van der Waals surface area contributed by atoms with Gasteiger partial charge in [0.15, 0.2) is 0 Å². The summed E-state index contributed by atoms with van der Waals surface area (Å²) in [5.74, 6) is 0. The normalized spacial score (nSPS) is 28.2. The molecule has 2 rings (SSSR count). The molecule has 7 nitrogen and oxygen atoms in total. The first-order valence-electron chi connectivity index (χ1n) is 5.58. The van der Waals surface area contributed by atoms with Crippen molar-refractivity contribution in [2.45, 2.75) is 37.0 Å². The number of primary sulfonamides is 1. The van der Waals surface area contributed by atoms with Gasteiger partial charge in [-0.05, 0) is 25.7 Å². The molecule has 1 atom stereocenters. The number of hydrogen-bond donors (Lipinski definition) is 2. The van der Waals surface area contributed by atoms with Crippen molar-refractivity contribution < 1.29 is 16.8 Å². The van der Waals surface area contributed by atoms with Gasteiger partial charge in [-0.15, -0.1) is 0 Å². The maximum atomic E-state index is 11.9. The Morgan fingerprint density at radius 2 is 1.76 bits per heavy atom. The van der Waals surface area contributed by atoms with E-state index in [1.807, 2.05) is 0 Å². The summed E-state index contributed by atoms with van der Waals surface area (Å²) in [4.78, 5) is 0. The Hall–Kier alpha value is -0.220.